The number of hydrogen-bond donors (Lipinski definition) is 1. The normalized spacial score (nSPS) is 14.7. The van der Waals surface area contributed by atoms with E-state index in [0.717, 1.165) is 49.7 Å². The number of anilines is 1. The second-order valence-electron chi connectivity index (χ2n) is 6.04. The summed E-state index contributed by atoms with van der Waals surface area (Å²) in [6, 6.07) is 11.2. The first-order chi connectivity index (χ1) is 12.2. The van der Waals surface area contributed by atoms with Crippen LogP contribution in [0.1, 0.15) is 27.2 Å². The number of amides is 1. The van der Waals surface area contributed by atoms with Gasteiger partial charge in [-0.15, -0.1) is 0 Å². The topological polar surface area (TPSA) is 78.2 Å². The molecule has 1 fully saturated rings. The van der Waals surface area contributed by atoms with Gasteiger partial charge in [-0.1, -0.05) is 12.1 Å². The monoisotopic (exact) mass is 336 g/mol. The lowest BCUT2D eigenvalue weighted by atomic mass is 10.1. The van der Waals surface area contributed by atoms with Crippen LogP contribution in [0.25, 0.3) is 0 Å². The van der Waals surface area contributed by atoms with Crippen LogP contribution >= 0.6 is 0 Å². The largest absolute Gasteiger partial charge is 0.379 e. The number of morpholine rings is 1. The molecule has 6 heteroatoms. The Bertz CT molecular complexity index is 790. The Kier molecular flexibility index (Phi) is 5.39. The van der Waals surface area contributed by atoms with E-state index < -0.39 is 0 Å². The lowest BCUT2D eigenvalue weighted by Gasteiger charge is -2.26. The third-order valence-corrected chi connectivity index (χ3v) is 4.19. The van der Waals surface area contributed by atoms with Crippen LogP contribution in [0.4, 0.5) is 5.69 Å². The molecule has 1 saturated heterocycles. The van der Waals surface area contributed by atoms with Gasteiger partial charge in [-0.3, -0.25) is 9.69 Å². The highest BCUT2D eigenvalue weighted by molar-refractivity contribution is 6.03. The van der Waals surface area contributed by atoms with Crippen molar-refractivity contribution in [2.45, 2.75) is 13.5 Å². The van der Waals surface area contributed by atoms with Crippen molar-refractivity contribution in [1.82, 2.24) is 9.88 Å². The number of carbonyl (C=O) groups excluding carboxylic acids is 1. The molecule has 0 atom stereocenters. The first-order valence-electron chi connectivity index (χ1n) is 8.23. The predicted octanol–water partition coefficient (Wildman–Crippen LogP) is 2.35. The van der Waals surface area contributed by atoms with Crippen LogP contribution in [0, 0.1) is 18.3 Å². The van der Waals surface area contributed by atoms with Crippen molar-refractivity contribution < 1.29 is 9.53 Å². The Morgan fingerprint density at radius 1 is 1.32 bits per heavy atom. The summed E-state index contributed by atoms with van der Waals surface area (Å²) in [7, 11) is 0. The molecule has 3 rings (SSSR count). The molecule has 1 amide bonds. The summed E-state index contributed by atoms with van der Waals surface area (Å²) in [6.07, 6.45) is 1.40. The molecule has 1 N–H and O–H groups in total. The van der Waals surface area contributed by atoms with E-state index in [-0.39, 0.29) is 11.6 Å². The minimum absolute atomic E-state index is 0.281. The fraction of sp³-hybridized carbons (Fsp3) is 0.316. The van der Waals surface area contributed by atoms with Gasteiger partial charge in [0.25, 0.3) is 5.91 Å². The average molecular weight is 336 g/mol. The molecule has 2 heterocycles. The number of ether oxygens (including phenoxy) is 1. The van der Waals surface area contributed by atoms with Crippen molar-refractivity contribution in [1.29, 1.82) is 5.26 Å². The van der Waals surface area contributed by atoms with Gasteiger partial charge in [0.05, 0.1) is 18.8 Å². The highest BCUT2D eigenvalue weighted by Crippen LogP contribution is 2.19. The van der Waals surface area contributed by atoms with E-state index in [1.807, 2.05) is 25.1 Å². The Labute approximate surface area is 147 Å². The number of hydrogen-bond acceptors (Lipinski definition) is 5. The number of pyridine rings is 1. The maximum absolute atomic E-state index is 12.4. The van der Waals surface area contributed by atoms with E-state index in [4.69, 9.17) is 10.00 Å². The number of nitrogens with one attached hydrogen (secondary N) is 1. The molecule has 0 aliphatic carbocycles. The Hall–Kier alpha value is -2.75. The second-order valence-corrected chi connectivity index (χ2v) is 6.04. The molecule has 0 spiro atoms. The lowest BCUT2D eigenvalue weighted by molar-refractivity contribution is 0.0342. The number of nitriles is 1. The lowest BCUT2D eigenvalue weighted by Crippen LogP contribution is -2.35. The molecule has 0 unspecified atom stereocenters. The maximum Gasteiger partial charge on any atom is 0.274 e. The van der Waals surface area contributed by atoms with Crippen LogP contribution in [0.3, 0.4) is 0 Å². The smallest absolute Gasteiger partial charge is 0.274 e. The summed E-state index contributed by atoms with van der Waals surface area (Å²) in [4.78, 5) is 18.8. The SMILES string of the molecule is Cc1ccc(CN2CCOCC2)cc1NC(=O)c1ccc(C#N)cn1. The molecule has 1 aliphatic rings. The molecule has 0 radical (unpaired) electrons. The van der Waals surface area contributed by atoms with E-state index in [9.17, 15) is 4.79 Å². The van der Waals surface area contributed by atoms with E-state index in [1.165, 1.54) is 6.20 Å². The Morgan fingerprint density at radius 2 is 2.12 bits per heavy atom. The van der Waals surface area contributed by atoms with Crippen molar-refractivity contribution in [3.8, 4) is 6.07 Å². The number of rotatable bonds is 4. The van der Waals surface area contributed by atoms with Crippen molar-refractivity contribution in [3.05, 3.63) is 58.9 Å². The number of aryl methyl sites for hydroxylation is 1. The minimum Gasteiger partial charge on any atom is -0.379 e. The van der Waals surface area contributed by atoms with Crippen molar-refractivity contribution in [2.75, 3.05) is 31.6 Å². The first kappa shape index (κ1) is 17.1. The summed E-state index contributed by atoms with van der Waals surface area (Å²) in [5.74, 6) is -0.281. The quantitative estimate of drug-likeness (QED) is 0.927. The van der Waals surface area contributed by atoms with Gasteiger partial charge in [-0.05, 0) is 36.2 Å². The fourth-order valence-corrected chi connectivity index (χ4v) is 2.70. The zero-order valence-electron chi connectivity index (χ0n) is 14.2. The molecule has 0 bridgehead atoms. The van der Waals surface area contributed by atoms with Crippen molar-refractivity contribution in [3.63, 3.8) is 0 Å². The third-order valence-electron chi connectivity index (χ3n) is 4.19. The molecule has 2 aromatic rings. The van der Waals surface area contributed by atoms with Crippen LogP contribution in [-0.2, 0) is 11.3 Å². The van der Waals surface area contributed by atoms with Gasteiger partial charge in [0.2, 0.25) is 0 Å². The van der Waals surface area contributed by atoms with Crippen molar-refractivity contribution >= 4 is 11.6 Å². The third kappa shape index (κ3) is 4.41. The number of aromatic nitrogens is 1. The number of carbonyl (C=O) groups is 1. The van der Waals surface area contributed by atoms with Crippen LogP contribution in [0.2, 0.25) is 0 Å². The maximum atomic E-state index is 12.4. The van der Waals surface area contributed by atoms with E-state index in [0.29, 0.717) is 5.56 Å². The van der Waals surface area contributed by atoms with Crippen LogP contribution in [0.15, 0.2) is 36.5 Å². The van der Waals surface area contributed by atoms with Gasteiger partial charge in [0.1, 0.15) is 11.8 Å². The zero-order valence-corrected chi connectivity index (χ0v) is 14.2. The summed E-state index contributed by atoms with van der Waals surface area (Å²) in [5.41, 5.74) is 3.64. The van der Waals surface area contributed by atoms with Gasteiger partial charge in [-0.2, -0.15) is 5.26 Å². The van der Waals surface area contributed by atoms with E-state index in [2.05, 4.69) is 21.3 Å². The van der Waals surface area contributed by atoms with Gasteiger partial charge in [0, 0.05) is 31.5 Å². The number of nitrogens with zero attached hydrogens (tertiary/aromatic N) is 3. The van der Waals surface area contributed by atoms with Gasteiger partial charge >= 0.3 is 0 Å². The Balaban J connectivity index is 1.71. The van der Waals surface area contributed by atoms with Crippen molar-refractivity contribution in [2.24, 2.45) is 0 Å². The van der Waals surface area contributed by atoms with Crippen LogP contribution in [0.5, 0.6) is 0 Å². The molecule has 1 aromatic carbocycles. The fourth-order valence-electron chi connectivity index (χ4n) is 2.70. The average Bonchev–Trinajstić information content (AvgIpc) is 2.65. The predicted molar refractivity (Wildman–Crippen MR) is 94.2 cm³/mol. The summed E-state index contributed by atoms with van der Waals surface area (Å²) in [5, 5.41) is 11.7. The summed E-state index contributed by atoms with van der Waals surface area (Å²) >= 11 is 0. The van der Waals surface area contributed by atoms with E-state index >= 15 is 0 Å². The highest BCUT2D eigenvalue weighted by atomic mass is 16.5. The minimum atomic E-state index is -0.281. The molecule has 0 saturated carbocycles. The van der Waals surface area contributed by atoms with Gasteiger partial charge in [-0.25, -0.2) is 4.98 Å². The molecule has 128 valence electrons. The molecular weight excluding hydrogens is 316 g/mol. The van der Waals surface area contributed by atoms with Gasteiger partial charge in [0.15, 0.2) is 0 Å². The molecule has 1 aliphatic heterocycles. The summed E-state index contributed by atoms with van der Waals surface area (Å²) in [6.45, 7) is 6.16. The van der Waals surface area contributed by atoms with E-state index in [1.54, 1.807) is 12.1 Å². The molecule has 25 heavy (non-hydrogen) atoms. The zero-order chi connectivity index (χ0) is 17.6. The van der Waals surface area contributed by atoms with Crippen LogP contribution < -0.4 is 5.32 Å². The second kappa shape index (κ2) is 7.88. The molecular formula is C19H20N4O2. The first-order valence-corrected chi connectivity index (χ1v) is 8.23. The Morgan fingerprint density at radius 3 is 2.80 bits per heavy atom. The van der Waals surface area contributed by atoms with Crippen LogP contribution in [-0.4, -0.2) is 42.1 Å². The standard InChI is InChI=1S/C19H20N4O2/c1-14-2-3-15(13-23-6-8-25-9-7-23)10-18(14)22-19(24)17-5-4-16(11-20)12-21-17/h2-5,10,12H,6-9,13H2,1H3,(H,22,24). The summed E-state index contributed by atoms with van der Waals surface area (Å²) < 4.78 is 5.37. The molecule has 1 aromatic heterocycles. The van der Waals surface area contributed by atoms with Gasteiger partial charge < -0.3 is 10.1 Å². The molecule has 6 nitrogen and oxygen atoms in total. The number of benzene rings is 1. The highest BCUT2D eigenvalue weighted by Gasteiger charge is 2.13.